The predicted molar refractivity (Wildman–Crippen MR) is 89.4 cm³/mol. The lowest BCUT2D eigenvalue weighted by molar-refractivity contribution is -0.135. The summed E-state index contributed by atoms with van der Waals surface area (Å²) in [5.74, 6) is 0.0405. The molecule has 2 unspecified atom stereocenters. The van der Waals surface area contributed by atoms with Gasteiger partial charge in [0.25, 0.3) is 0 Å². The molecule has 2 aliphatic rings. The molecule has 2 amide bonds. The fourth-order valence-electron chi connectivity index (χ4n) is 3.40. The minimum absolute atomic E-state index is 0.0428. The lowest BCUT2D eigenvalue weighted by atomic mass is 9.93. The van der Waals surface area contributed by atoms with Crippen LogP contribution in [0.15, 0.2) is 30.5 Å². The van der Waals surface area contributed by atoms with Crippen molar-refractivity contribution in [3.8, 4) is 0 Å². The Morgan fingerprint density at radius 2 is 2.13 bits per heavy atom. The van der Waals surface area contributed by atoms with Gasteiger partial charge in [-0.25, -0.2) is 0 Å². The highest BCUT2D eigenvalue weighted by atomic mass is 16.2. The van der Waals surface area contributed by atoms with Gasteiger partial charge in [0.2, 0.25) is 11.8 Å². The molecule has 2 heterocycles. The Kier molecular flexibility index (Phi) is 4.48. The standard InChI is InChI=1S/C18H23N3O2/c1-13(22)21-10-8-14-5-3-4-6-16(14)17(21)11-18(23)20(2)15-7-9-19-12-15/h3-6,8,10,15,17,19H,7,9,11-12H2,1-2H3. The molecule has 0 radical (unpaired) electrons. The molecule has 1 fully saturated rings. The third kappa shape index (κ3) is 3.15. The number of hydrogen-bond acceptors (Lipinski definition) is 3. The first-order valence-corrected chi connectivity index (χ1v) is 8.10. The fraction of sp³-hybridized carbons (Fsp3) is 0.444. The largest absolute Gasteiger partial charge is 0.341 e. The number of hydrogen-bond donors (Lipinski definition) is 1. The van der Waals surface area contributed by atoms with Crippen molar-refractivity contribution in [1.82, 2.24) is 15.1 Å². The average molecular weight is 313 g/mol. The summed E-state index contributed by atoms with van der Waals surface area (Å²) < 4.78 is 0. The third-order valence-electron chi connectivity index (χ3n) is 4.81. The maximum Gasteiger partial charge on any atom is 0.225 e. The molecule has 0 aliphatic carbocycles. The maximum atomic E-state index is 12.7. The number of carbonyl (C=O) groups is 2. The summed E-state index contributed by atoms with van der Waals surface area (Å²) in [6, 6.07) is 7.98. The van der Waals surface area contributed by atoms with Gasteiger partial charge in [0, 0.05) is 32.8 Å². The molecule has 0 spiro atoms. The lowest BCUT2D eigenvalue weighted by Crippen LogP contribution is -2.41. The zero-order valence-electron chi connectivity index (χ0n) is 13.7. The first kappa shape index (κ1) is 15.7. The van der Waals surface area contributed by atoms with Gasteiger partial charge >= 0.3 is 0 Å². The molecule has 3 rings (SSSR count). The van der Waals surface area contributed by atoms with Gasteiger partial charge in [0.05, 0.1) is 12.5 Å². The number of amides is 2. The summed E-state index contributed by atoms with van der Waals surface area (Å²) in [5.41, 5.74) is 2.12. The number of carbonyl (C=O) groups excluding carboxylic acids is 2. The van der Waals surface area contributed by atoms with Crippen LogP contribution in [0.1, 0.15) is 36.9 Å². The second kappa shape index (κ2) is 6.54. The summed E-state index contributed by atoms with van der Waals surface area (Å²) in [6.07, 6.45) is 5.02. The van der Waals surface area contributed by atoms with E-state index >= 15 is 0 Å². The third-order valence-corrected chi connectivity index (χ3v) is 4.81. The Labute approximate surface area is 137 Å². The molecule has 1 aromatic carbocycles. The molecular formula is C18H23N3O2. The van der Waals surface area contributed by atoms with E-state index in [4.69, 9.17) is 0 Å². The van der Waals surface area contributed by atoms with Crippen molar-refractivity contribution in [2.75, 3.05) is 20.1 Å². The summed E-state index contributed by atoms with van der Waals surface area (Å²) in [5, 5.41) is 3.28. The molecule has 1 N–H and O–H groups in total. The minimum atomic E-state index is -0.224. The molecule has 0 saturated carbocycles. The number of nitrogens with one attached hydrogen (secondary N) is 1. The van der Waals surface area contributed by atoms with E-state index in [1.165, 1.54) is 0 Å². The van der Waals surface area contributed by atoms with Crippen LogP contribution in [0.5, 0.6) is 0 Å². The molecule has 5 heteroatoms. The van der Waals surface area contributed by atoms with Gasteiger partial charge in [-0.2, -0.15) is 0 Å². The predicted octanol–water partition coefficient (Wildman–Crippen LogP) is 1.77. The van der Waals surface area contributed by atoms with Gasteiger partial charge in [-0.15, -0.1) is 0 Å². The van der Waals surface area contributed by atoms with Crippen LogP contribution in [-0.4, -0.2) is 47.8 Å². The molecule has 5 nitrogen and oxygen atoms in total. The van der Waals surface area contributed by atoms with Crippen molar-refractivity contribution in [2.24, 2.45) is 0 Å². The lowest BCUT2D eigenvalue weighted by Gasteiger charge is -2.34. The average Bonchev–Trinajstić information content (AvgIpc) is 3.08. The molecule has 23 heavy (non-hydrogen) atoms. The van der Waals surface area contributed by atoms with Gasteiger partial charge in [0.1, 0.15) is 0 Å². The van der Waals surface area contributed by atoms with E-state index in [1.54, 1.807) is 18.0 Å². The van der Waals surface area contributed by atoms with E-state index in [2.05, 4.69) is 5.32 Å². The minimum Gasteiger partial charge on any atom is -0.341 e. The van der Waals surface area contributed by atoms with Crippen LogP contribution in [0, 0.1) is 0 Å². The summed E-state index contributed by atoms with van der Waals surface area (Å²) >= 11 is 0. The number of fused-ring (bicyclic) bond motifs is 1. The SMILES string of the molecule is CC(=O)N1C=Cc2ccccc2C1CC(=O)N(C)C1CCNC1. The Balaban J connectivity index is 1.81. The molecular weight excluding hydrogens is 290 g/mol. The summed E-state index contributed by atoms with van der Waals surface area (Å²) in [7, 11) is 1.86. The van der Waals surface area contributed by atoms with E-state index in [0.29, 0.717) is 6.42 Å². The van der Waals surface area contributed by atoms with Gasteiger partial charge < -0.3 is 15.1 Å². The quantitative estimate of drug-likeness (QED) is 0.925. The van der Waals surface area contributed by atoms with Gasteiger partial charge in [0.15, 0.2) is 0 Å². The highest BCUT2D eigenvalue weighted by molar-refractivity contribution is 5.82. The monoisotopic (exact) mass is 313 g/mol. The van der Waals surface area contributed by atoms with E-state index in [0.717, 1.165) is 30.6 Å². The van der Waals surface area contributed by atoms with E-state index < -0.39 is 0 Å². The van der Waals surface area contributed by atoms with Crippen molar-refractivity contribution < 1.29 is 9.59 Å². The van der Waals surface area contributed by atoms with Crippen LogP contribution in [0.3, 0.4) is 0 Å². The molecule has 1 aromatic rings. The molecule has 2 aliphatic heterocycles. The highest BCUT2D eigenvalue weighted by Crippen LogP contribution is 2.33. The van der Waals surface area contributed by atoms with E-state index in [1.807, 2.05) is 42.3 Å². The number of nitrogens with zero attached hydrogens (tertiary/aromatic N) is 2. The van der Waals surface area contributed by atoms with Gasteiger partial charge in [-0.05, 0) is 30.2 Å². The van der Waals surface area contributed by atoms with Gasteiger partial charge in [-0.1, -0.05) is 24.3 Å². The zero-order chi connectivity index (χ0) is 16.4. The zero-order valence-corrected chi connectivity index (χ0v) is 13.7. The highest BCUT2D eigenvalue weighted by Gasteiger charge is 2.31. The fourth-order valence-corrected chi connectivity index (χ4v) is 3.40. The topological polar surface area (TPSA) is 52.7 Å². The second-order valence-electron chi connectivity index (χ2n) is 6.24. The molecule has 0 bridgehead atoms. The van der Waals surface area contributed by atoms with Gasteiger partial charge in [-0.3, -0.25) is 9.59 Å². The van der Waals surface area contributed by atoms with Crippen molar-refractivity contribution in [3.63, 3.8) is 0 Å². The van der Waals surface area contributed by atoms with Crippen molar-refractivity contribution >= 4 is 17.9 Å². The summed E-state index contributed by atoms with van der Waals surface area (Å²) in [6.45, 7) is 3.34. The van der Waals surface area contributed by atoms with Crippen molar-refractivity contribution in [1.29, 1.82) is 0 Å². The maximum absolute atomic E-state index is 12.7. The first-order valence-electron chi connectivity index (χ1n) is 8.10. The molecule has 1 saturated heterocycles. The van der Waals surface area contributed by atoms with Crippen LogP contribution < -0.4 is 5.32 Å². The van der Waals surface area contributed by atoms with Crippen molar-refractivity contribution in [3.05, 3.63) is 41.6 Å². The Morgan fingerprint density at radius 1 is 1.35 bits per heavy atom. The molecule has 2 atom stereocenters. The Bertz CT molecular complexity index is 635. The Morgan fingerprint density at radius 3 is 2.83 bits per heavy atom. The number of rotatable bonds is 3. The normalized spacial score (nSPS) is 22.8. The van der Waals surface area contributed by atoms with E-state index in [-0.39, 0.29) is 23.9 Å². The number of likely N-dealkylation sites (N-methyl/N-ethyl adjacent to an activating group) is 1. The smallest absolute Gasteiger partial charge is 0.225 e. The summed E-state index contributed by atoms with van der Waals surface area (Å²) in [4.78, 5) is 28.2. The van der Waals surface area contributed by atoms with Crippen LogP contribution in [0.4, 0.5) is 0 Å². The molecule has 0 aromatic heterocycles. The van der Waals surface area contributed by atoms with E-state index in [9.17, 15) is 9.59 Å². The van der Waals surface area contributed by atoms with Crippen molar-refractivity contribution in [2.45, 2.75) is 31.8 Å². The van der Waals surface area contributed by atoms with Crippen LogP contribution >= 0.6 is 0 Å². The second-order valence-corrected chi connectivity index (χ2v) is 6.24. The number of benzene rings is 1. The van der Waals surface area contributed by atoms with Crippen LogP contribution in [-0.2, 0) is 9.59 Å². The Hall–Kier alpha value is -2.14. The molecule has 122 valence electrons. The van der Waals surface area contributed by atoms with Crippen LogP contribution in [0.25, 0.3) is 6.08 Å². The first-order chi connectivity index (χ1) is 11.1. The van der Waals surface area contributed by atoms with Crippen LogP contribution in [0.2, 0.25) is 0 Å².